The van der Waals surface area contributed by atoms with E-state index in [4.69, 9.17) is 5.26 Å². The highest BCUT2D eigenvalue weighted by Crippen LogP contribution is 2.22. The minimum atomic E-state index is 0.0393. The summed E-state index contributed by atoms with van der Waals surface area (Å²) in [5.74, 6) is 1.01. The lowest BCUT2D eigenvalue weighted by Gasteiger charge is -2.31. The van der Waals surface area contributed by atoms with E-state index in [0.717, 1.165) is 31.7 Å². The van der Waals surface area contributed by atoms with Gasteiger partial charge in [0.15, 0.2) is 0 Å². The molecule has 2 rings (SSSR count). The summed E-state index contributed by atoms with van der Waals surface area (Å²) in [4.78, 5) is 17.5. The van der Waals surface area contributed by atoms with E-state index < -0.39 is 0 Å². The molecule has 1 aromatic heterocycles. The van der Waals surface area contributed by atoms with Gasteiger partial charge in [-0.2, -0.15) is 5.26 Å². The molecule has 0 bridgehead atoms. The number of piperidine rings is 1. The summed E-state index contributed by atoms with van der Waals surface area (Å²) in [5.41, 5.74) is 0.566. The minimum Gasteiger partial charge on any atom is -0.357 e. The average Bonchev–Trinajstić information content (AvgIpc) is 2.39. The highest BCUT2D eigenvalue weighted by atomic mass is 16.1. The highest BCUT2D eigenvalue weighted by molar-refractivity contribution is 5.85. The first-order chi connectivity index (χ1) is 8.20. The molecule has 0 amide bonds. The van der Waals surface area contributed by atoms with Crippen molar-refractivity contribution in [2.24, 2.45) is 5.92 Å². The summed E-state index contributed by atoms with van der Waals surface area (Å²) in [5, 5.41) is 8.69. The maximum atomic E-state index is 11.1. The number of hydrogen-bond acceptors (Lipinski definition) is 4. The molecule has 1 radical (unpaired) electrons. The number of nitrogens with zero attached hydrogens (tertiary/aromatic N) is 3. The Morgan fingerprint density at radius 3 is 2.65 bits per heavy atom. The molecule has 1 aliphatic heterocycles. The Balaban J connectivity index is 2.00. The lowest BCUT2D eigenvalue weighted by atomic mass is 9.93. The largest absolute Gasteiger partial charge is 0.357 e. The van der Waals surface area contributed by atoms with Crippen LogP contribution in [0.25, 0.3) is 0 Å². The number of pyridine rings is 1. The fourth-order valence-corrected chi connectivity index (χ4v) is 2.07. The van der Waals surface area contributed by atoms with E-state index in [-0.39, 0.29) is 11.7 Å². The molecule has 87 valence electrons. The number of nitriles is 1. The molecule has 0 unspecified atom stereocenters. The predicted molar refractivity (Wildman–Crippen MR) is 64.3 cm³/mol. The van der Waals surface area contributed by atoms with E-state index in [0.29, 0.717) is 5.56 Å². The van der Waals surface area contributed by atoms with Crippen molar-refractivity contribution in [2.75, 3.05) is 18.0 Å². The topological polar surface area (TPSA) is 57.0 Å². The Kier molecular flexibility index (Phi) is 3.38. The van der Waals surface area contributed by atoms with Crippen molar-refractivity contribution in [3.05, 3.63) is 30.8 Å². The van der Waals surface area contributed by atoms with Crippen LogP contribution in [0.3, 0.4) is 0 Å². The molecule has 0 aliphatic carbocycles. The molecule has 1 saturated heterocycles. The molecule has 0 atom stereocenters. The lowest BCUT2D eigenvalue weighted by Crippen LogP contribution is -2.36. The number of anilines is 1. The summed E-state index contributed by atoms with van der Waals surface area (Å²) < 4.78 is 0. The first-order valence-electron chi connectivity index (χ1n) is 5.67. The standard InChI is InChI=1S/C13H14N3O/c1-10(17)12-4-6-16(7-5-12)13-3-2-11(8-14)9-15-13/h2-3,9,12H,1,4-7H2. The Bertz CT molecular complexity index is 439. The quantitative estimate of drug-likeness (QED) is 0.771. The van der Waals surface area contributed by atoms with Crippen LogP contribution in [-0.4, -0.2) is 23.9 Å². The van der Waals surface area contributed by atoms with Crippen molar-refractivity contribution in [3.8, 4) is 6.07 Å². The normalized spacial score (nSPS) is 16.6. The van der Waals surface area contributed by atoms with Crippen molar-refractivity contribution < 1.29 is 4.79 Å². The number of carbonyl (C=O) groups is 1. The lowest BCUT2D eigenvalue weighted by molar-refractivity contribution is -0.119. The first kappa shape index (κ1) is 11.6. The molecule has 0 saturated carbocycles. The van der Waals surface area contributed by atoms with Crippen LogP contribution in [0, 0.1) is 24.2 Å². The Morgan fingerprint density at radius 2 is 2.18 bits per heavy atom. The molecule has 4 heteroatoms. The smallest absolute Gasteiger partial charge is 0.136 e. The van der Waals surface area contributed by atoms with E-state index in [1.54, 1.807) is 12.3 Å². The zero-order valence-corrected chi connectivity index (χ0v) is 9.59. The second-order valence-corrected chi connectivity index (χ2v) is 4.24. The molecule has 0 N–H and O–H groups in total. The SMILES string of the molecule is [CH2]C(=O)C1CCN(c2ccc(C#N)cn2)CC1. The third-order valence-corrected chi connectivity index (χ3v) is 3.15. The van der Waals surface area contributed by atoms with Crippen molar-refractivity contribution in [2.45, 2.75) is 12.8 Å². The van der Waals surface area contributed by atoms with E-state index in [2.05, 4.69) is 16.8 Å². The van der Waals surface area contributed by atoms with Crippen molar-refractivity contribution in [3.63, 3.8) is 0 Å². The van der Waals surface area contributed by atoms with Gasteiger partial charge in [-0.05, 0) is 25.0 Å². The van der Waals surface area contributed by atoms with Crippen LogP contribution in [0.2, 0.25) is 0 Å². The maximum Gasteiger partial charge on any atom is 0.136 e. The number of rotatable bonds is 2. The van der Waals surface area contributed by atoms with Crippen LogP contribution in [0.15, 0.2) is 18.3 Å². The van der Waals surface area contributed by atoms with Gasteiger partial charge in [0.1, 0.15) is 17.7 Å². The van der Waals surface area contributed by atoms with Gasteiger partial charge in [-0.25, -0.2) is 4.98 Å². The third kappa shape index (κ3) is 2.62. The average molecular weight is 228 g/mol. The van der Waals surface area contributed by atoms with Gasteiger partial charge < -0.3 is 4.90 Å². The van der Waals surface area contributed by atoms with Crippen LogP contribution in [0.5, 0.6) is 0 Å². The molecule has 2 heterocycles. The Hall–Kier alpha value is -1.89. The molecule has 0 spiro atoms. The summed E-state index contributed by atoms with van der Waals surface area (Å²) in [6.07, 6.45) is 3.25. The first-order valence-corrected chi connectivity index (χ1v) is 5.67. The van der Waals surface area contributed by atoms with Gasteiger partial charge in [0.25, 0.3) is 0 Å². The molecule has 17 heavy (non-hydrogen) atoms. The van der Waals surface area contributed by atoms with Gasteiger partial charge in [0.2, 0.25) is 0 Å². The molecule has 1 aliphatic rings. The van der Waals surface area contributed by atoms with E-state index >= 15 is 0 Å². The van der Waals surface area contributed by atoms with Crippen LogP contribution in [0.4, 0.5) is 5.82 Å². The molecule has 1 aromatic rings. The van der Waals surface area contributed by atoms with Crippen molar-refractivity contribution in [1.82, 2.24) is 4.98 Å². The molecular formula is C13H14N3O. The second kappa shape index (κ2) is 4.96. The Labute approximate surface area is 101 Å². The van der Waals surface area contributed by atoms with Crippen LogP contribution in [-0.2, 0) is 4.79 Å². The number of aromatic nitrogens is 1. The number of hydrogen-bond donors (Lipinski definition) is 0. The van der Waals surface area contributed by atoms with Gasteiger partial charge in [-0.1, -0.05) is 0 Å². The van der Waals surface area contributed by atoms with Gasteiger partial charge in [-0.15, -0.1) is 0 Å². The van der Waals surface area contributed by atoms with Gasteiger partial charge in [0.05, 0.1) is 5.56 Å². The summed E-state index contributed by atoms with van der Waals surface area (Å²) >= 11 is 0. The molecule has 4 nitrogen and oxygen atoms in total. The highest BCUT2D eigenvalue weighted by Gasteiger charge is 2.22. The fraction of sp³-hybridized carbons (Fsp3) is 0.385. The van der Waals surface area contributed by atoms with E-state index in [9.17, 15) is 4.79 Å². The van der Waals surface area contributed by atoms with E-state index in [1.165, 1.54) is 0 Å². The van der Waals surface area contributed by atoms with Crippen LogP contribution < -0.4 is 4.90 Å². The summed E-state index contributed by atoms with van der Waals surface area (Å²) in [6, 6.07) is 5.66. The predicted octanol–water partition coefficient (Wildman–Crippen LogP) is 1.57. The zero-order chi connectivity index (χ0) is 12.3. The maximum absolute atomic E-state index is 11.1. The molecule has 1 fully saturated rings. The summed E-state index contributed by atoms with van der Waals surface area (Å²) in [6.45, 7) is 5.12. The summed E-state index contributed by atoms with van der Waals surface area (Å²) in [7, 11) is 0. The van der Waals surface area contributed by atoms with Crippen molar-refractivity contribution >= 4 is 11.6 Å². The van der Waals surface area contributed by atoms with Gasteiger partial charge >= 0.3 is 0 Å². The number of Topliss-reactive ketones (excluding diaryl/α,β-unsaturated/α-hetero) is 1. The zero-order valence-electron chi connectivity index (χ0n) is 9.59. The molecule has 0 aromatic carbocycles. The third-order valence-electron chi connectivity index (χ3n) is 3.15. The van der Waals surface area contributed by atoms with Crippen molar-refractivity contribution in [1.29, 1.82) is 5.26 Å². The van der Waals surface area contributed by atoms with E-state index in [1.807, 2.05) is 12.1 Å². The van der Waals surface area contributed by atoms with Gasteiger partial charge in [-0.3, -0.25) is 4.79 Å². The van der Waals surface area contributed by atoms with Crippen LogP contribution in [0.1, 0.15) is 18.4 Å². The monoisotopic (exact) mass is 228 g/mol. The Morgan fingerprint density at radius 1 is 1.47 bits per heavy atom. The second-order valence-electron chi connectivity index (χ2n) is 4.24. The number of ketones is 1. The fourth-order valence-electron chi connectivity index (χ4n) is 2.07. The number of carbonyl (C=O) groups excluding carboxylic acids is 1. The van der Waals surface area contributed by atoms with Gasteiger partial charge in [0, 0.05) is 32.1 Å². The minimum absolute atomic E-state index is 0.0393. The molecular weight excluding hydrogens is 214 g/mol. The van der Waals surface area contributed by atoms with Crippen LogP contribution >= 0.6 is 0 Å².